The van der Waals surface area contributed by atoms with Crippen LogP contribution in [0.2, 0.25) is 0 Å². The molecule has 10 atom stereocenters. The molecule has 10 heteroatoms. The Morgan fingerprint density at radius 3 is 2.59 bits per heavy atom. The number of likely N-dealkylation sites (tertiary alicyclic amines) is 1. The molecule has 2 N–H and O–H groups in total. The first-order chi connectivity index (χ1) is 18.0. The van der Waals surface area contributed by atoms with Crippen molar-refractivity contribution in [3.8, 4) is 0 Å². The van der Waals surface area contributed by atoms with Crippen LogP contribution in [0.3, 0.4) is 0 Å². The number of aliphatic hydroxyl groups is 2. The molecule has 2 saturated heterocycles. The monoisotopic (exact) mass is 555 g/mol. The van der Waals surface area contributed by atoms with E-state index in [9.17, 15) is 28.2 Å². The van der Waals surface area contributed by atoms with Gasteiger partial charge >= 0.3 is 12.3 Å². The first kappa shape index (κ1) is 27.5. The topological polar surface area (TPSA) is 88.5 Å². The van der Waals surface area contributed by atoms with Crippen molar-refractivity contribution in [2.45, 2.75) is 103 Å². The Balaban J connectivity index is 1.46. The van der Waals surface area contributed by atoms with E-state index in [0.29, 0.717) is 17.1 Å². The van der Waals surface area contributed by atoms with Crippen molar-refractivity contribution in [1.29, 1.82) is 0 Å². The number of alkyl halides is 3. The van der Waals surface area contributed by atoms with Crippen LogP contribution in [0.5, 0.6) is 0 Å². The van der Waals surface area contributed by atoms with Gasteiger partial charge in [-0.25, -0.2) is 4.79 Å². The second kappa shape index (κ2) is 8.23. The highest BCUT2D eigenvalue weighted by atomic mass is 19.4. The third-order valence-electron chi connectivity index (χ3n) is 11.0. The van der Waals surface area contributed by atoms with Crippen molar-refractivity contribution < 1.29 is 42.4 Å². The molecule has 2 unspecified atom stereocenters. The Bertz CT molecular complexity index is 1130. The summed E-state index contributed by atoms with van der Waals surface area (Å²) >= 11 is 0. The molecule has 1 amide bonds. The minimum absolute atomic E-state index is 0.0117. The number of aliphatic hydroxyl groups excluding tert-OH is 1. The fourth-order valence-electron chi connectivity index (χ4n) is 9.10. The van der Waals surface area contributed by atoms with Gasteiger partial charge in [-0.15, -0.1) is 0 Å². The van der Waals surface area contributed by atoms with Crippen LogP contribution in [-0.2, 0) is 14.2 Å². The number of amides is 1. The van der Waals surface area contributed by atoms with Gasteiger partial charge in [0.1, 0.15) is 17.7 Å². The van der Waals surface area contributed by atoms with Crippen molar-refractivity contribution in [1.82, 2.24) is 4.90 Å². The predicted molar refractivity (Wildman–Crippen MR) is 134 cm³/mol. The third kappa shape index (κ3) is 3.59. The number of fused-ring (bicyclic) bond motifs is 5. The normalized spacial score (nSPS) is 47.6. The number of hydrogen-bond acceptors (Lipinski definition) is 6. The lowest BCUT2D eigenvalue weighted by atomic mass is 9.58. The van der Waals surface area contributed by atoms with E-state index >= 15 is 0 Å². The van der Waals surface area contributed by atoms with Crippen molar-refractivity contribution in [2.75, 3.05) is 13.2 Å². The number of halogens is 3. The second-order valence-corrected chi connectivity index (χ2v) is 13.8. The number of hydrogen-bond donors (Lipinski definition) is 2. The number of ether oxygens (including phenoxy) is 3. The molecule has 6 aliphatic rings. The van der Waals surface area contributed by atoms with Crippen molar-refractivity contribution in [3.63, 3.8) is 0 Å². The molecule has 4 aliphatic carbocycles. The molecule has 7 nitrogen and oxygen atoms in total. The van der Waals surface area contributed by atoms with Crippen LogP contribution in [0.15, 0.2) is 23.3 Å². The average Bonchev–Trinajstić information content (AvgIpc) is 3.15. The Kier molecular flexibility index (Phi) is 5.81. The van der Waals surface area contributed by atoms with Crippen LogP contribution in [0.4, 0.5) is 18.0 Å². The maximum absolute atomic E-state index is 13.7. The van der Waals surface area contributed by atoms with E-state index < -0.39 is 53.4 Å². The molecule has 0 aromatic carbocycles. The molecule has 6 rings (SSSR count). The molecule has 2 heterocycles. The Morgan fingerprint density at radius 2 is 1.92 bits per heavy atom. The maximum atomic E-state index is 13.7. The van der Waals surface area contributed by atoms with Gasteiger partial charge < -0.3 is 24.4 Å². The third-order valence-corrected chi connectivity index (χ3v) is 11.0. The minimum Gasteiger partial charge on any atom is -0.438 e. The molecular formula is C29H40F3NO6. The number of nitrogens with zero attached hydrogens (tertiary/aromatic N) is 1. The van der Waals surface area contributed by atoms with Gasteiger partial charge in [0.2, 0.25) is 0 Å². The van der Waals surface area contributed by atoms with Gasteiger partial charge in [0.05, 0.1) is 18.1 Å². The van der Waals surface area contributed by atoms with Gasteiger partial charge in [0.15, 0.2) is 11.9 Å². The van der Waals surface area contributed by atoms with Gasteiger partial charge in [-0.2, -0.15) is 13.2 Å². The standard InChI is InChI=1S/C29H40F3NO6/c1-14-12-27-15(2)10-18-20(25(18,3)4)17(21(27)34)11-16-13-37-26(5,6)39-23(16)28(27,36)22(14)38-24(35)33-9-7-8-19(33)29(30,31)32/h11-12,15,17-23,34,36H,7-10,13H2,1-6H3/t15-,17+,18-,19?,20+,21?,22+,23-,27+,28-/m1/s1. The van der Waals surface area contributed by atoms with Crippen LogP contribution in [0, 0.1) is 34.5 Å². The summed E-state index contributed by atoms with van der Waals surface area (Å²) < 4.78 is 59.4. The summed E-state index contributed by atoms with van der Waals surface area (Å²) in [5.41, 5.74) is -2.03. The van der Waals surface area contributed by atoms with Crippen molar-refractivity contribution in [3.05, 3.63) is 23.3 Å². The lowest BCUT2D eigenvalue weighted by molar-refractivity contribution is -0.312. The van der Waals surface area contributed by atoms with Crippen molar-refractivity contribution >= 4 is 6.09 Å². The van der Waals surface area contributed by atoms with E-state index in [1.54, 1.807) is 20.8 Å². The van der Waals surface area contributed by atoms with Crippen LogP contribution >= 0.6 is 0 Å². The van der Waals surface area contributed by atoms with E-state index in [-0.39, 0.29) is 49.2 Å². The van der Waals surface area contributed by atoms with Gasteiger partial charge in [-0.1, -0.05) is 32.9 Å². The highest BCUT2D eigenvalue weighted by molar-refractivity contribution is 5.70. The summed E-state index contributed by atoms with van der Waals surface area (Å²) in [6, 6.07) is -1.93. The zero-order valence-electron chi connectivity index (χ0n) is 23.4. The summed E-state index contributed by atoms with van der Waals surface area (Å²) in [4.78, 5) is 14.1. The van der Waals surface area contributed by atoms with E-state index in [4.69, 9.17) is 14.2 Å². The summed E-state index contributed by atoms with van der Waals surface area (Å²) in [6.07, 6.45) is -4.41. The minimum atomic E-state index is -4.58. The Morgan fingerprint density at radius 1 is 1.23 bits per heavy atom. The zero-order chi connectivity index (χ0) is 28.5. The van der Waals surface area contributed by atoms with E-state index in [0.717, 1.165) is 11.3 Å². The van der Waals surface area contributed by atoms with E-state index in [2.05, 4.69) is 13.8 Å². The first-order valence-corrected chi connectivity index (χ1v) is 14.1. The molecule has 4 fully saturated rings. The molecular weight excluding hydrogens is 515 g/mol. The van der Waals surface area contributed by atoms with E-state index in [1.807, 2.05) is 19.1 Å². The smallest absolute Gasteiger partial charge is 0.411 e. The highest BCUT2D eigenvalue weighted by Crippen LogP contribution is 2.73. The van der Waals surface area contributed by atoms with Crippen molar-refractivity contribution in [2.24, 2.45) is 34.5 Å². The van der Waals surface area contributed by atoms with Gasteiger partial charge in [-0.3, -0.25) is 4.90 Å². The maximum Gasteiger partial charge on any atom is 0.411 e. The number of rotatable bonds is 1. The molecule has 0 aromatic rings. The Labute approximate surface area is 227 Å². The van der Waals surface area contributed by atoms with Gasteiger partial charge in [0.25, 0.3) is 0 Å². The highest BCUT2D eigenvalue weighted by Gasteiger charge is 2.77. The molecule has 1 spiro atoms. The first-order valence-electron chi connectivity index (χ1n) is 14.1. The lowest BCUT2D eigenvalue weighted by Gasteiger charge is -2.55. The zero-order valence-corrected chi connectivity index (χ0v) is 23.4. The Hall–Kier alpha value is -1.62. The summed E-state index contributed by atoms with van der Waals surface area (Å²) in [5, 5.41) is 25.3. The summed E-state index contributed by atoms with van der Waals surface area (Å²) in [7, 11) is 0. The SMILES string of the molecule is CC1=C[C@]23C(O)[C@@H](C=C4COC(C)(C)O[C@H]4[C@]2(O)[C@H]1OC(=O)N1CCCC1C(F)(F)F)[C@H]1[C@@H](C[C@H]3C)C1(C)C. The molecule has 0 radical (unpaired) electrons. The fraction of sp³-hybridized carbons (Fsp3) is 0.828. The fourth-order valence-corrected chi connectivity index (χ4v) is 9.10. The molecule has 2 bridgehead atoms. The van der Waals surface area contributed by atoms with Crippen LogP contribution in [-0.4, -0.2) is 76.3 Å². The average molecular weight is 556 g/mol. The summed E-state index contributed by atoms with van der Waals surface area (Å²) in [6.45, 7) is 11.7. The summed E-state index contributed by atoms with van der Waals surface area (Å²) in [5.74, 6) is -1.08. The van der Waals surface area contributed by atoms with Gasteiger partial charge in [0, 0.05) is 12.5 Å². The molecule has 2 aliphatic heterocycles. The van der Waals surface area contributed by atoms with E-state index in [1.165, 1.54) is 0 Å². The largest absolute Gasteiger partial charge is 0.438 e. The molecule has 218 valence electrons. The lowest BCUT2D eigenvalue weighted by Crippen LogP contribution is -2.69. The quantitative estimate of drug-likeness (QED) is 0.461. The molecule has 2 saturated carbocycles. The number of carbonyl (C=O) groups is 1. The van der Waals surface area contributed by atoms with Gasteiger partial charge in [-0.05, 0) is 74.3 Å². The van der Waals surface area contributed by atoms with Crippen LogP contribution in [0.1, 0.15) is 60.8 Å². The van der Waals surface area contributed by atoms with Crippen LogP contribution in [0.25, 0.3) is 0 Å². The molecule has 0 aromatic heterocycles. The number of carbonyl (C=O) groups excluding carboxylic acids is 1. The van der Waals surface area contributed by atoms with Crippen LogP contribution < -0.4 is 0 Å². The predicted octanol–water partition coefficient (Wildman–Crippen LogP) is 4.58. The second-order valence-electron chi connectivity index (χ2n) is 13.8. The molecule has 39 heavy (non-hydrogen) atoms.